The molecule has 0 fully saturated rings. The maximum atomic E-state index is 12.9. The molecule has 1 aliphatic heterocycles. The van der Waals surface area contributed by atoms with Crippen molar-refractivity contribution in [2.75, 3.05) is 10.6 Å². The molecule has 2 amide bonds. The summed E-state index contributed by atoms with van der Waals surface area (Å²) < 4.78 is 40.5. The summed E-state index contributed by atoms with van der Waals surface area (Å²) in [5, 5.41) is 4.46. The van der Waals surface area contributed by atoms with Crippen molar-refractivity contribution in [3.63, 3.8) is 0 Å². The molecular formula is C20H17F3N4O2S. The number of hydrogen-bond acceptors (Lipinski definition) is 4. The summed E-state index contributed by atoms with van der Waals surface area (Å²) in [6, 6.07) is 10.7. The molecule has 3 aromatic rings. The predicted octanol–water partition coefficient (Wildman–Crippen LogP) is 4.52. The lowest BCUT2D eigenvalue weighted by Gasteiger charge is -2.24. The molecule has 1 aliphatic rings. The summed E-state index contributed by atoms with van der Waals surface area (Å²) in [6.07, 6.45) is -4.63. The number of benzene rings is 2. The number of para-hydroxylation sites is 2. The number of imidazole rings is 1. The van der Waals surface area contributed by atoms with E-state index in [1.165, 1.54) is 6.07 Å². The first kappa shape index (κ1) is 20.3. The molecule has 0 spiro atoms. The number of anilines is 2. The average molecular weight is 434 g/mol. The summed E-state index contributed by atoms with van der Waals surface area (Å²) in [5.41, 5.74) is 0.893. The summed E-state index contributed by atoms with van der Waals surface area (Å²) in [6.45, 7) is 2.53. The average Bonchev–Trinajstić information content (AvgIpc) is 3.04. The van der Waals surface area contributed by atoms with Crippen molar-refractivity contribution in [3.05, 3.63) is 48.0 Å². The zero-order valence-electron chi connectivity index (χ0n) is 15.8. The molecule has 156 valence electrons. The standard InChI is InChI=1S/C20H17F3N4O2S/c1-2-27-14-6-4-3-5-12(14)25-19(27)26-17(28)10-16-18(29)24-13-9-11(20(21,22)23)7-8-15(13)30-16/h3-9,16H,2,10H2,1H3,(H,24,29)(H,25,26,28). The third kappa shape index (κ3) is 3.87. The zero-order chi connectivity index (χ0) is 21.5. The number of nitrogens with zero attached hydrogens (tertiary/aromatic N) is 2. The van der Waals surface area contributed by atoms with E-state index in [1.54, 1.807) is 0 Å². The van der Waals surface area contributed by atoms with Crippen LogP contribution in [0.5, 0.6) is 0 Å². The van der Waals surface area contributed by atoms with Crippen LogP contribution in [0.4, 0.5) is 24.8 Å². The number of alkyl halides is 3. The van der Waals surface area contributed by atoms with E-state index in [1.807, 2.05) is 35.8 Å². The molecule has 2 N–H and O–H groups in total. The van der Waals surface area contributed by atoms with Gasteiger partial charge in [-0.15, -0.1) is 11.8 Å². The second kappa shape index (κ2) is 7.67. The highest BCUT2D eigenvalue weighted by Gasteiger charge is 2.34. The first-order valence-electron chi connectivity index (χ1n) is 9.20. The van der Waals surface area contributed by atoms with E-state index >= 15 is 0 Å². The monoisotopic (exact) mass is 434 g/mol. The topological polar surface area (TPSA) is 76.0 Å². The summed E-state index contributed by atoms with van der Waals surface area (Å²) in [4.78, 5) is 29.8. The highest BCUT2D eigenvalue weighted by molar-refractivity contribution is 8.01. The van der Waals surface area contributed by atoms with Crippen LogP contribution in [0.1, 0.15) is 18.9 Å². The van der Waals surface area contributed by atoms with Crippen molar-refractivity contribution in [2.24, 2.45) is 0 Å². The van der Waals surface area contributed by atoms with Crippen molar-refractivity contribution >= 4 is 46.2 Å². The van der Waals surface area contributed by atoms with Crippen molar-refractivity contribution in [1.29, 1.82) is 0 Å². The van der Waals surface area contributed by atoms with E-state index in [0.717, 1.165) is 34.9 Å². The summed E-state index contributed by atoms with van der Waals surface area (Å²) in [7, 11) is 0. The number of rotatable bonds is 4. The largest absolute Gasteiger partial charge is 0.416 e. The lowest BCUT2D eigenvalue weighted by Crippen LogP contribution is -2.33. The van der Waals surface area contributed by atoms with Gasteiger partial charge >= 0.3 is 6.18 Å². The second-order valence-corrected chi connectivity index (χ2v) is 7.97. The number of aromatic nitrogens is 2. The van der Waals surface area contributed by atoms with Crippen molar-refractivity contribution in [1.82, 2.24) is 9.55 Å². The molecule has 30 heavy (non-hydrogen) atoms. The highest BCUT2D eigenvalue weighted by atomic mass is 32.2. The van der Waals surface area contributed by atoms with E-state index in [2.05, 4.69) is 15.6 Å². The maximum Gasteiger partial charge on any atom is 0.416 e. The van der Waals surface area contributed by atoms with Gasteiger partial charge in [-0.1, -0.05) is 12.1 Å². The minimum absolute atomic E-state index is 0.101. The first-order valence-corrected chi connectivity index (χ1v) is 10.1. The van der Waals surface area contributed by atoms with Crippen molar-refractivity contribution < 1.29 is 22.8 Å². The van der Waals surface area contributed by atoms with Gasteiger partial charge in [-0.05, 0) is 37.3 Å². The quantitative estimate of drug-likeness (QED) is 0.633. The summed E-state index contributed by atoms with van der Waals surface area (Å²) >= 11 is 1.07. The molecule has 1 aromatic heterocycles. The number of thioether (sulfide) groups is 1. The number of carbonyl (C=O) groups excluding carboxylic acids is 2. The van der Waals surface area contributed by atoms with E-state index in [9.17, 15) is 22.8 Å². The van der Waals surface area contributed by atoms with Gasteiger partial charge in [-0.2, -0.15) is 13.2 Å². The fourth-order valence-electron chi connectivity index (χ4n) is 3.30. The fraction of sp³-hybridized carbons (Fsp3) is 0.250. The number of fused-ring (bicyclic) bond motifs is 2. The normalized spacial score (nSPS) is 16.3. The van der Waals surface area contributed by atoms with Crippen LogP contribution in [-0.4, -0.2) is 26.6 Å². The van der Waals surface area contributed by atoms with Crippen LogP contribution in [0.25, 0.3) is 11.0 Å². The van der Waals surface area contributed by atoms with E-state index in [4.69, 9.17) is 0 Å². The maximum absolute atomic E-state index is 12.9. The third-order valence-corrected chi connectivity index (χ3v) is 5.99. The number of amides is 2. The van der Waals surface area contributed by atoms with Crippen molar-refractivity contribution in [3.8, 4) is 0 Å². The molecule has 0 saturated heterocycles. The number of hydrogen-bond donors (Lipinski definition) is 2. The van der Waals surface area contributed by atoms with E-state index in [-0.39, 0.29) is 12.1 Å². The Morgan fingerprint density at radius 1 is 1.27 bits per heavy atom. The zero-order valence-corrected chi connectivity index (χ0v) is 16.6. The lowest BCUT2D eigenvalue weighted by atomic mass is 10.1. The Morgan fingerprint density at radius 2 is 2.03 bits per heavy atom. The number of carbonyl (C=O) groups is 2. The smallest absolute Gasteiger partial charge is 0.324 e. The van der Waals surface area contributed by atoms with Crippen LogP contribution < -0.4 is 10.6 Å². The van der Waals surface area contributed by atoms with Gasteiger partial charge in [0.05, 0.1) is 27.5 Å². The van der Waals surface area contributed by atoms with Crippen LogP contribution in [0.15, 0.2) is 47.4 Å². The number of aryl methyl sites for hydroxylation is 1. The van der Waals surface area contributed by atoms with Crippen LogP contribution >= 0.6 is 11.8 Å². The molecule has 2 heterocycles. The Hall–Kier alpha value is -3.01. The first-order chi connectivity index (χ1) is 14.3. The molecule has 1 atom stereocenters. The number of nitrogens with one attached hydrogen (secondary N) is 2. The second-order valence-electron chi connectivity index (χ2n) is 6.73. The van der Waals surface area contributed by atoms with Gasteiger partial charge in [0, 0.05) is 17.9 Å². The molecular weight excluding hydrogens is 417 g/mol. The molecule has 4 rings (SSSR count). The van der Waals surface area contributed by atoms with E-state index < -0.39 is 28.8 Å². The molecule has 0 bridgehead atoms. The van der Waals surface area contributed by atoms with Crippen molar-refractivity contribution in [2.45, 2.75) is 36.2 Å². The third-order valence-electron chi connectivity index (χ3n) is 4.72. The highest BCUT2D eigenvalue weighted by Crippen LogP contribution is 2.40. The Kier molecular flexibility index (Phi) is 5.19. The van der Waals surface area contributed by atoms with Gasteiger partial charge in [0.15, 0.2) is 0 Å². The van der Waals surface area contributed by atoms with Crippen LogP contribution in [-0.2, 0) is 22.3 Å². The molecule has 2 aromatic carbocycles. The van der Waals surface area contributed by atoms with Crippen LogP contribution in [0.2, 0.25) is 0 Å². The molecule has 0 radical (unpaired) electrons. The van der Waals surface area contributed by atoms with Gasteiger partial charge < -0.3 is 9.88 Å². The van der Waals surface area contributed by atoms with Crippen LogP contribution in [0.3, 0.4) is 0 Å². The lowest BCUT2D eigenvalue weighted by molar-refractivity contribution is -0.137. The minimum atomic E-state index is -4.49. The Bertz CT molecular complexity index is 1140. The molecule has 6 nitrogen and oxygen atoms in total. The Balaban J connectivity index is 1.49. The minimum Gasteiger partial charge on any atom is -0.324 e. The van der Waals surface area contributed by atoms with E-state index in [0.29, 0.717) is 17.4 Å². The molecule has 0 saturated carbocycles. The fourth-order valence-corrected chi connectivity index (χ4v) is 4.39. The SMILES string of the molecule is CCn1c(NC(=O)CC2Sc3ccc(C(F)(F)F)cc3NC2=O)nc2ccccc21. The molecule has 0 aliphatic carbocycles. The van der Waals surface area contributed by atoms with Gasteiger partial charge in [0.25, 0.3) is 0 Å². The molecule has 1 unspecified atom stereocenters. The Morgan fingerprint density at radius 3 is 2.77 bits per heavy atom. The number of halogens is 3. The van der Waals surface area contributed by atoms with Crippen LogP contribution in [0, 0.1) is 0 Å². The molecule has 10 heteroatoms. The Labute approximate surface area is 173 Å². The van der Waals surface area contributed by atoms with Gasteiger partial charge in [0.2, 0.25) is 17.8 Å². The predicted molar refractivity (Wildman–Crippen MR) is 108 cm³/mol. The summed E-state index contributed by atoms with van der Waals surface area (Å²) in [5.74, 6) is -0.519. The van der Waals surface area contributed by atoms with Gasteiger partial charge in [-0.25, -0.2) is 4.98 Å². The van der Waals surface area contributed by atoms with Gasteiger partial charge in [0.1, 0.15) is 0 Å². The van der Waals surface area contributed by atoms with Gasteiger partial charge in [-0.3, -0.25) is 14.9 Å².